The van der Waals surface area contributed by atoms with Crippen LogP contribution >= 0.6 is 0 Å². The molecule has 1 heterocycles. The summed E-state index contributed by atoms with van der Waals surface area (Å²) in [5.74, 6) is 3.29. The zero-order valence-electron chi connectivity index (χ0n) is 15.6. The molecule has 0 unspecified atom stereocenters. The number of alkyl carbamates (subject to hydrolysis) is 1. The molecule has 0 saturated heterocycles. The minimum absolute atomic E-state index is 0.0597. The molecule has 7 nitrogen and oxygen atoms in total. The number of nitrogens with zero attached hydrogens (tertiary/aromatic N) is 1. The summed E-state index contributed by atoms with van der Waals surface area (Å²) in [7, 11) is 0. The third-order valence-electron chi connectivity index (χ3n) is 6.15. The number of carbonyl (C=O) groups excluding carboxylic acids is 2. The number of rotatable bonds is 5. The second kappa shape index (κ2) is 6.91. The van der Waals surface area contributed by atoms with Crippen molar-refractivity contribution in [1.29, 1.82) is 0 Å². The Bertz CT molecular complexity index is 776. The van der Waals surface area contributed by atoms with Crippen LogP contribution in [0.15, 0.2) is 6.07 Å². The van der Waals surface area contributed by atoms with Crippen molar-refractivity contribution in [3.8, 4) is 12.3 Å². The van der Waals surface area contributed by atoms with Crippen molar-refractivity contribution in [1.82, 2.24) is 15.5 Å². The lowest BCUT2D eigenvalue weighted by Crippen LogP contribution is -2.51. The van der Waals surface area contributed by atoms with Gasteiger partial charge in [-0.3, -0.25) is 9.89 Å². The Morgan fingerprint density at radius 2 is 2.19 bits per heavy atom. The Morgan fingerprint density at radius 1 is 1.37 bits per heavy atom. The van der Waals surface area contributed by atoms with Crippen LogP contribution in [-0.4, -0.2) is 33.8 Å². The van der Waals surface area contributed by atoms with E-state index >= 15 is 0 Å². The van der Waals surface area contributed by atoms with E-state index in [0.29, 0.717) is 5.82 Å². The number of hydrogen-bond acceptors (Lipinski definition) is 4. The predicted molar refractivity (Wildman–Crippen MR) is 99.9 cm³/mol. The number of carbonyl (C=O) groups is 2. The van der Waals surface area contributed by atoms with Gasteiger partial charge in [-0.1, -0.05) is 0 Å². The zero-order valence-corrected chi connectivity index (χ0v) is 15.6. The lowest BCUT2D eigenvalue weighted by molar-refractivity contribution is -0.117. The van der Waals surface area contributed by atoms with Crippen LogP contribution in [0.1, 0.15) is 63.5 Å². The largest absolute Gasteiger partial charge is 0.446 e. The van der Waals surface area contributed by atoms with Gasteiger partial charge in [0.25, 0.3) is 0 Å². The van der Waals surface area contributed by atoms with Crippen LogP contribution in [0.2, 0.25) is 0 Å². The minimum atomic E-state index is -0.312. The maximum atomic E-state index is 12.1. The maximum Gasteiger partial charge on any atom is 0.407 e. The molecule has 2 amide bonds. The smallest absolute Gasteiger partial charge is 0.407 e. The molecule has 7 heteroatoms. The monoisotopic (exact) mass is 370 g/mol. The van der Waals surface area contributed by atoms with Gasteiger partial charge in [-0.25, -0.2) is 4.79 Å². The van der Waals surface area contributed by atoms with Crippen LogP contribution in [0, 0.1) is 24.2 Å². The SMILES string of the molecule is C#C[C@H]1C[C@@H]1C(=O)Nc1cc([C@@H]2CC[C@H](OC(=O)NC3(C)CCC3)C2)[nH]n1. The minimum Gasteiger partial charge on any atom is -0.446 e. The fourth-order valence-corrected chi connectivity index (χ4v) is 4.09. The number of anilines is 1. The van der Waals surface area contributed by atoms with E-state index in [2.05, 4.69) is 33.7 Å². The zero-order chi connectivity index (χ0) is 19.0. The number of terminal acetylenes is 1. The quantitative estimate of drug-likeness (QED) is 0.695. The molecule has 1 aromatic rings. The van der Waals surface area contributed by atoms with Gasteiger partial charge in [0.15, 0.2) is 5.82 Å². The van der Waals surface area contributed by atoms with Gasteiger partial charge >= 0.3 is 6.09 Å². The topological polar surface area (TPSA) is 96.1 Å². The van der Waals surface area contributed by atoms with E-state index in [1.807, 2.05) is 6.07 Å². The number of aromatic nitrogens is 2. The molecule has 3 N–H and O–H groups in total. The van der Waals surface area contributed by atoms with Crippen molar-refractivity contribution >= 4 is 17.8 Å². The van der Waals surface area contributed by atoms with Crippen molar-refractivity contribution in [2.45, 2.75) is 69.4 Å². The number of hydrogen-bond donors (Lipinski definition) is 3. The van der Waals surface area contributed by atoms with Gasteiger partial charge in [0, 0.05) is 29.1 Å². The third-order valence-corrected chi connectivity index (χ3v) is 6.15. The van der Waals surface area contributed by atoms with Crippen LogP contribution in [0.4, 0.5) is 10.6 Å². The van der Waals surface area contributed by atoms with Gasteiger partial charge in [-0.2, -0.15) is 5.10 Å². The van der Waals surface area contributed by atoms with E-state index in [1.54, 1.807) is 0 Å². The van der Waals surface area contributed by atoms with Crippen molar-refractivity contribution in [3.63, 3.8) is 0 Å². The molecular weight excluding hydrogens is 344 g/mol. The first-order valence-electron chi connectivity index (χ1n) is 9.77. The Hall–Kier alpha value is -2.49. The van der Waals surface area contributed by atoms with E-state index in [9.17, 15) is 9.59 Å². The molecule has 3 saturated carbocycles. The van der Waals surface area contributed by atoms with Gasteiger partial charge in [-0.05, 0) is 51.9 Å². The normalized spacial score (nSPS) is 30.7. The lowest BCUT2D eigenvalue weighted by atomic mass is 9.79. The fraction of sp³-hybridized carbons (Fsp3) is 0.650. The van der Waals surface area contributed by atoms with Gasteiger partial charge in [0.1, 0.15) is 6.10 Å². The molecule has 3 fully saturated rings. The van der Waals surface area contributed by atoms with Crippen LogP contribution < -0.4 is 10.6 Å². The van der Waals surface area contributed by atoms with Gasteiger partial charge in [0.05, 0.1) is 5.92 Å². The fourth-order valence-electron chi connectivity index (χ4n) is 4.09. The molecule has 0 aromatic carbocycles. The number of ether oxygens (including phenoxy) is 1. The summed E-state index contributed by atoms with van der Waals surface area (Å²) >= 11 is 0. The Balaban J connectivity index is 1.25. The van der Waals surface area contributed by atoms with E-state index in [4.69, 9.17) is 11.2 Å². The van der Waals surface area contributed by atoms with Crippen LogP contribution in [0.3, 0.4) is 0 Å². The molecule has 3 aliphatic carbocycles. The summed E-state index contributed by atoms with van der Waals surface area (Å²) in [6, 6.07) is 1.87. The molecule has 0 aliphatic heterocycles. The van der Waals surface area contributed by atoms with Gasteiger partial charge < -0.3 is 15.4 Å². The van der Waals surface area contributed by atoms with E-state index in [-0.39, 0.29) is 41.4 Å². The molecule has 1 aromatic heterocycles. The number of amides is 2. The van der Waals surface area contributed by atoms with Crippen LogP contribution in [0.5, 0.6) is 0 Å². The summed E-state index contributed by atoms with van der Waals surface area (Å²) in [5, 5.41) is 13.0. The Kier molecular flexibility index (Phi) is 4.58. The van der Waals surface area contributed by atoms with Gasteiger partial charge in [0.2, 0.25) is 5.91 Å². The van der Waals surface area contributed by atoms with Crippen molar-refractivity contribution < 1.29 is 14.3 Å². The Labute approximate surface area is 159 Å². The first-order chi connectivity index (χ1) is 13.0. The average molecular weight is 370 g/mol. The predicted octanol–water partition coefficient (Wildman–Crippen LogP) is 2.92. The van der Waals surface area contributed by atoms with Crippen molar-refractivity contribution in [2.75, 3.05) is 5.32 Å². The first-order valence-corrected chi connectivity index (χ1v) is 9.77. The number of aromatic amines is 1. The lowest BCUT2D eigenvalue weighted by Gasteiger charge is -2.38. The Morgan fingerprint density at radius 3 is 2.85 bits per heavy atom. The summed E-state index contributed by atoms with van der Waals surface area (Å²) in [4.78, 5) is 24.1. The van der Waals surface area contributed by atoms with Crippen molar-refractivity contribution in [3.05, 3.63) is 11.8 Å². The summed E-state index contributed by atoms with van der Waals surface area (Å²) in [5.41, 5.74) is 0.873. The molecule has 144 valence electrons. The van der Waals surface area contributed by atoms with Crippen LogP contribution in [0.25, 0.3) is 0 Å². The van der Waals surface area contributed by atoms with Crippen LogP contribution in [-0.2, 0) is 9.53 Å². The first kappa shape index (κ1) is 17.9. The molecule has 0 radical (unpaired) electrons. The molecule has 4 atom stereocenters. The van der Waals surface area contributed by atoms with E-state index in [1.165, 1.54) is 0 Å². The average Bonchev–Trinajstić information content (AvgIpc) is 3.02. The molecule has 27 heavy (non-hydrogen) atoms. The highest BCUT2D eigenvalue weighted by molar-refractivity contribution is 5.94. The maximum absolute atomic E-state index is 12.1. The molecule has 0 bridgehead atoms. The summed E-state index contributed by atoms with van der Waals surface area (Å²) in [6.45, 7) is 2.06. The molecule has 4 rings (SSSR count). The highest BCUT2D eigenvalue weighted by Crippen LogP contribution is 2.39. The summed E-state index contributed by atoms with van der Waals surface area (Å²) in [6.07, 6.45) is 11.4. The number of H-pyrrole nitrogens is 1. The second-order valence-electron chi connectivity index (χ2n) is 8.39. The number of nitrogens with one attached hydrogen (secondary N) is 3. The summed E-state index contributed by atoms with van der Waals surface area (Å²) < 4.78 is 5.60. The van der Waals surface area contributed by atoms with Crippen molar-refractivity contribution in [2.24, 2.45) is 11.8 Å². The third kappa shape index (κ3) is 3.95. The highest BCUT2D eigenvalue weighted by atomic mass is 16.6. The molecular formula is C20H26N4O3. The standard InChI is InChI=1S/C20H26N4O3/c1-3-12-10-15(12)18(25)21-17-11-16(23-24-17)13-5-6-14(9-13)27-19(26)22-20(2)7-4-8-20/h1,11-15H,4-10H2,2H3,(H,22,26)(H2,21,23,24,25)/t12-,13+,14-,15-/m0/s1. The molecule has 0 spiro atoms. The van der Waals surface area contributed by atoms with E-state index < -0.39 is 0 Å². The highest BCUT2D eigenvalue weighted by Gasteiger charge is 2.42. The van der Waals surface area contributed by atoms with Gasteiger partial charge in [-0.15, -0.1) is 12.3 Å². The van der Waals surface area contributed by atoms with E-state index in [0.717, 1.165) is 50.6 Å². The second-order valence-corrected chi connectivity index (χ2v) is 8.39. The molecule has 3 aliphatic rings.